The summed E-state index contributed by atoms with van der Waals surface area (Å²) in [5.74, 6) is 0. The molecule has 5 nitrogen and oxygen atoms in total. The van der Waals surface area contributed by atoms with Crippen LogP contribution in [0.1, 0.15) is 27.9 Å². The third kappa shape index (κ3) is 4.28. The number of carbonyl (C=O) groups excluding carboxylic acids is 1. The van der Waals surface area contributed by atoms with Gasteiger partial charge in [-0.1, -0.05) is 18.2 Å². The van der Waals surface area contributed by atoms with Gasteiger partial charge in [0.15, 0.2) is 0 Å². The fourth-order valence-corrected chi connectivity index (χ4v) is 3.65. The third-order valence-corrected chi connectivity index (χ3v) is 4.92. The summed E-state index contributed by atoms with van der Waals surface area (Å²) in [5, 5.41) is 12.5. The van der Waals surface area contributed by atoms with E-state index in [1.165, 1.54) is 4.88 Å². The van der Waals surface area contributed by atoms with Crippen LogP contribution in [-0.4, -0.2) is 22.4 Å². The van der Waals surface area contributed by atoms with E-state index in [4.69, 9.17) is 0 Å². The molecule has 1 aromatic carbocycles. The first-order valence-electron chi connectivity index (χ1n) is 8.20. The first-order valence-corrected chi connectivity index (χ1v) is 9.08. The SMILES string of the molecule is Cc1cccc(NC(=O)NCC(c2cccs2)n2nc(C)cc2C)c1. The molecule has 2 N–H and O–H groups in total. The summed E-state index contributed by atoms with van der Waals surface area (Å²) in [4.78, 5) is 13.4. The Hall–Kier alpha value is -2.60. The lowest BCUT2D eigenvalue weighted by atomic mass is 10.2. The highest BCUT2D eigenvalue weighted by Gasteiger charge is 2.19. The molecule has 0 fully saturated rings. The van der Waals surface area contributed by atoms with Crippen molar-refractivity contribution in [3.63, 3.8) is 0 Å². The van der Waals surface area contributed by atoms with Gasteiger partial charge in [0.05, 0.1) is 5.69 Å². The van der Waals surface area contributed by atoms with Gasteiger partial charge in [-0.05, 0) is 56.0 Å². The standard InChI is InChI=1S/C19H22N4OS/c1-13-6-4-7-16(10-13)21-19(24)20-12-17(18-8-5-9-25-18)23-15(3)11-14(2)22-23/h4-11,17H,12H2,1-3H3,(H2,20,21,24). The van der Waals surface area contributed by atoms with Gasteiger partial charge in [-0.2, -0.15) is 5.10 Å². The van der Waals surface area contributed by atoms with E-state index >= 15 is 0 Å². The minimum atomic E-state index is -0.214. The second kappa shape index (κ2) is 7.53. The highest BCUT2D eigenvalue weighted by Crippen LogP contribution is 2.24. The van der Waals surface area contributed by atoms with Crippen LogP contribution in [0, 0.1) is 20.8 Å². The second-order valence-electron chi connectivity index (χ2n) is 6.11. The first-order chi connectivity index (χ1) is 12.0. The van der Waals surface area contributed by atoms with Crippen molar-refractivity contribution in [3.05, 3.63) is 69.7 Å². The number of nitrogens with zero attached hydrogens (tertiary/aromatic N) is 2. The highest BCUT2D eigenvalue weighted by molar-refractivity contribution is 7.10. The van der Waals surface area contributed by atoms with Crippen LogP contribution in [0.5, 0.6) is 0 Å². The molecule has 1 unspecified atom stereocenters. The number of benzene rings is 1. The van der Waals surface area contributed by atoms with Crippen LogP contribution in [0.4, 0.5) is 10.5 Å². The number of aromatic nitrogens is 2. The summed E-state index contributed by atoms with van der Waals surface area (Å²) in [6.45, 7) is 6.49. The lowest BCUT2D eigenvalue weighted by Gasteiger charge is -2.19. The molecule has 25 heavy (non-hydrogen) atoms. The molecule has 2 amide bonds. The maximum absolute atomic E-state index is 12.3. The number of carbonyl (C=O) groups is 1. The smallest absolute Gasteiger partial charge is 0.319 e. The summed E-state index contributed by atoms with van der Waals surface area (Å²) in [7, 11) is 0. The molecule has 0 aliphatic rings. The predicted molar refractivity (Wildman–Crippen MR) is 102 cm³/mol. The van der Waals surface area contributed by atoms with E-state index in [1.807, 2.05) is 67.2 Å². The molecule has 0 bridgehead atoms. The lowest BCUT2D eigenvalue weighted by Crippen LogP contribution is -2.34. The Balaban J connectivity index is 1.71. The average molecular weight is 354 g/mol. The molecule has 0 aliphatic carbocycles. The number of thiophene rings is 1. The number of urea groups is 1. The number of hydrogen-bond donors (Lipinski definition) is 2. The summed E-state index contributed by atoms with van der Waals surface area (Å²) in [6.07, 6.45) is 0. The Morgan fingerprint density at radius 3 is 2.68 bits per heavy atom. The quantitative estimate of drug-likeness (QED) is 0.718. The largest absolute Gasteiger partial charge is 0.335 e. The molecule has 0 radical (unpaired) electrons. The molecule has 0 saturated carbocycles. The van der Waals surface area contributed by atoms with Crippen molar-refractivity contribution < 1.29 is 4.79 Å². The van der Waals surface area contributed by atoms with Crippen molar-refractivity contribution >= 4 is 23.1 Å². The second-order valence-corrected chi connectivity index (χ2v) is 7.09. The molecule has 0 saturated heterocycles. The molecule has 2 aromatic heterocycles. The van der Waals surface area contributed by atoms with Gasteiger partial charge in [0.25, 0.3) is 0 Å². The van der Waals surface area contributed by atoms with E-state index in [-0.39, 0.29) is 12.1 Å². The zero-order chi connectivity index (χ0) is 17.8. The van der Waals surface area contributed by atoms with Crippen LogP contribution in [0.3, 0.4) is 0 Å². The predicted octanol–water partition coefficient (Wildman–Crippen LogP) is 4.28. The normalized spacial score (nSPS) is 12.0. The Labute approximate surface area is 151 Å². The summed E-state index contributed by atoms with van der Waals surface area (Å²) in [5.41, 5.74) is 3.95. The average Bonchev–Trinajstić information content (AvgIpc) is 3.18. The van der Waals surface area contributed by atoms with Gasteiger partial charge in [-0.15, -0.1) is 11.3 Å². The van der Waals surface area contributed by atoms with Gasteiger partial charge in [0, 0.05) is 22.8 Å². The summed E-state index contributed by atoms with van der Waals surface area (Å²) >= 11 is 1.67. The Morgan fingerprint density at radius 1 is 1.20 bits per heavy atom. The molecule has 0 aliphatic heterocycles. The zero-order valence-corrected chi connectivity index (χ0v) is 15.4. The van der Waals surface area contributed by atoms with Crippen molar-refractivity contribution in [2.45, 2.75) is 26.8 Å². The van der Waals surface area contributed by atoms with E-state index in [2.05, 4.69) is 21.8 Å². The van der Waals surface area contributed by atoms with Crippen LogP contribution in [0.15, 0.2) is 47.8 Å². The van der Waals surface area contributed by atoms with Gasteiger partial charge < -0.3 is 10.6 Å². The maximum Gasteiger partial charge on any atom is 0.319 e. The zero-order valence-electron chi connectivity index (χ0n) is 14.6. The van der Waals surface area contributed by atoms with Gasteiger partial charge in [-0.25, -0.2) is 4.79 Å². The van der Waals surface area contributed by atoms with Gasteiger partial charge in [-0.3, -0.25) is 4.68 Å². The topological polar surface area (TPSA) is 59.0 Å². The lowest BCUT2D eigenvalue weighted by molar-refractivity contribution is 0.250. The van der Waals surface area contributed by atoms with Crippen LogP contribution in [-0.2, 0) is 0 Å². The molecule has 3 aromatic rings. The van der Waals surface area contributed by atoms with Crippen molar-refractivity contribution in [2.24, 2.45) is 0 Å². The van der Waals surface area contributed by atoms with Crippen molar-refractivity contribution in [2.75, 3.05) is 11.9 Å². The number of aryl methyl sites for hydroxylation is 3. The number of anilines is 1. The summed E-state index contributed by atoms with van der Waals surface area (Å²) in [6, 6.07) is 13.7. The first kappa shape index (κ1) is 17.2. The molecule has 6 heteroatoms. The van der Waals surface area contributed by atoms with E-state index < -0.39 is 0 Å². The fraction of sp³-hybridized carbons (Fsp3) is 0.263. The molecule has 0 spiro atoms. The number of amides is 2. The van der Waals surface area contributed by atoms with Crippen molar-refractivity contribution in [1.29, 1.82) is 0 Å². The maximum atomic E-state index is 12.3. The van der Waals surface area contributed by atoms with E-state index in [0.29, 0.717) is 6.54 Å². The van der Waals surface area contributed by atoms with E-state index in [1.54, 1.807) is 11.3 Å². The van der Waals surface area contributed by atoms with Gasteiger partial charge >= 0.3 is 6.03 Å². The van der Waals surface area contributed by atoms with E-state index in [0.717, 1.165) is 22.6 Å². The molecule has 3 rings (SSSR count). The van der Waals surface area contributed by atoms with Crippen LogP contribution >= 0.6 is 11.3 Å². The summed E-state index contributed by atoms with van der Waals surface area (Å²) < 4.78 is 1.98. The van der Waals surface area contributed by atoms with Crippen molar-refractivity contribution in [3.8, 4) is 0 Å². The molecular weight excluding hydrogens is 332 g/mol. The van der Waals surface area contributed by atoms with Crippen LogP contribution in [0.2, 0.25) is 0 Å². The van der Waals surface area contributed by atoms with Crippen LogP contribution in [0.25, 0.3) is 0 Å². The number of hydrogen-bond acceptors (Lipinski definition) is 3. The molecule has 1 atom stereocenters. The monoisotopic (exact) mass is 354 g/mol. The number of rotatable bonds is 5. The Bertz CT molecular complexity index is 854. The van der Waals surface area contributed by atoms with Gasteiger partial charge in [0.2, 0.25) is 0 Å². The molecule has 130 valence electrons. The molecular formula is C19H22N4OS. The van der Waals surface area contributed by atoms with Crippen molar-refractivity contribution in [1.82, 2.24) is 15.1 Å². The minimum absolute atomic E-state index is 0.0167. The Morgan fingerprint density at radius 2 is 2.04 bits per heavy atom. The highest BCUT2D eigenvalue weighted by atomic mass is 32.1. The molecule has 2 heterocycles. The van der Waals surface area contributed by atoms with Gasteiger partial charge in [0.1, 0.15) is 6.04 Å². The number of nitrogens with one attached hydrogen (secondary N) is 2. The Kier molecular flexibility index (Phi) is 5.19. The van der Waals surface area contributed by atoms with E-state index in [9.17, 15) is 4.79 Å². The van der Waals surface area contributed by atoms with Crippen LogP contribution < -0.4 is 10.6 Å². The fourth-order valence-electron chi connectivity index (χ4n) is 2.84. The third-order valence-electron chi connectivity index (χ3n) is 3.94. The minimum Gasteiger partial charge on any atom is -0.335 e.